The fourth-order valence-corrected chi connectivity index (χ4v) is 2.27. The lowest BCUT2D eigenvalue weighted by atomic mass is 9.94. The summed E-state index contributed by atoms with van der Waals surface area (Å²) in [7, 11) is 2.16. The molecule has 0 aromatic carbocycles. The van der Waals surface area contributed by atoms with Crippen LogP contribution in [0.1, 0.15) is 13.3 Å². The Kier molecular flexibility index (Phi) is 3.75. The summed E-state index contributed by atoms with van der Waals surface area (Å²) in [6.07, 6.45) is 2.64. The van der Waals surface area contributed by atoms with Gasteiger partial charge in [0.15, 0.2) is 0 Å². The van der Waals surface area contributed by atoms with Gasteiger partial charge >= 0.3 is 0 Å². The molecule has 2 heterocycles. The first kappa shape index (κ1) is 12.1. The van der Waals surface area contributed by atoms with Crippen LogP contribution in [-0.4, -0.2) is 41.0 Å². The number of nitrogens with zero attached hydrogens (tertiary/aromatic N) is 3. The van der Waals surface area contributed by atoms with Gasteiger partial charge in [0.25, 0.3) is 0 Å². The van der Waals surface area contributed by atoms with Crippen molar-refractivity contribution in [1.82, 2.24) is 14.9 Å². The standard InChI is InChI=1S/C11H20N6/c1-8-6-17(2)4-3-9(8)15-10-5-11(16-12)14-7-13-10/h5,7-9H,3-4,6,12H2,1-2H3,(H2,13,14,15,16). The number of hydrogen-bond acceptors (Lipinski definition) is 6. The van der Waals surface area contributed by atoms with E-state index < -0.39 is 0 Å². The molecule has 6 heteroatoms. The van der Waals surface area contributed by atoms with E-state index in [9.17, 15) is 0 Å². The fourth-order valence-electron chi connectivity index (χ4n) is 2.27. The molecule has 1 fully saturated rings. The van der Waals surface area contributed by atoms with Gasteiger partial charge in [0.1, 0.15) is 18.0 Å². The molecule has 4 N–H and O–H groups in total. The first-order chi connectivity index (χ1) is 8.19. The van der Waals surface area contributed by atoms with Gasteiger partial charge in [-0.25, -0.2) is 15.8 Å². The van der Waals surface area contributed by atoms with Gasteiger partial charge in [-0.1, -0.05) is 6.92 Å². The minimum absolute atomic E-state index is 0.465. The van der Waals surface area contributed by atoms with Crippen molar-refractivity contribution in [2.45, 2.75) is 19.4 Å². The molecule has 1 aromatic heterocycles. The third-order valence-electron chi connectivity index (χ3n) is 3.26. The predicted octanol–water partition coefficient (Wildman–Crippen LogP) is 0.514. The summed E-state index contributed by atoms with van der Waals surface area (Å²) in [5.41, 5.74) is 2.52. The Morgan fingerprint density at radius 2 is 2.18 bits per heavy atom. The Balaban J connectivity index is 2.00. The van der Waals surface area contributed by atoms with Crippen LogP contribution in [0.2, 0.25) is 0 Å². The number of likely N-dealkylation sites (tertiary alicyclic amines) is 1. The Bertz CT molecular complexity index is 369. The quantitative estimate of drug-likeness (QED) is 0.524. The molecule has 1 saturated heterocycles. The highest BCUT2D eigenvalue weighted by Crippen LogP contribution is 2.19. The van der Waals surface area contributed by atoms with E-state index in [1.165, 1.54) is 6.33 Å². The monoisotopic (exact) mass is 236 g/mol. The molecule has 0 spiro atoms. The zero-order valence-electron chi connectivity index (χ0n) is 10.3. The number of anilines is 2. The third-order valence-corrected chi connectivity index (χ3v) is 3.26. The second-order valence-electron chi connectivity index (χ2n) is 4.71. The second-order valence-corrected chi connectivity index (χ2v) is 4.71. The Morgan fingerprint density at radius 1 is 1.41 bits per heavy atom. The van der Waals surface area contributed by atoms with Crippen molar-refractivity contribution >= 4 is 11.6 Å². The van der Waals surface area contributed by atoms with E-state index >= 15 is 0 Å². The summed E-state index contributed by atoms with van der Waals surface area (Å²) in [5.74, 6) is 7.39. The van der Waals surface area contributed by atoms with E-state index in [1.54, 1.807) is 0 Å². The molecular formula is C11H20N6. The van der Waals surface area contributed by atoms with Crippen molar-refractivity contribution in [2.75, 3.05) is 30.9 Å². The number of hydrogen-bond donors (Lipinski definition) is 3. The number of rotatable bonds is 3. The molecular weight excluding hydrogens is 216 g/mol. The summed E-state index contributed by atoms with van der Waals surface area (Å²) < 4.78 is 0. The summed E-state index contributed by atoms with van der Waals surface area (Å²) >= 11 is 0. The van der Waals surface area contributed by atoms with Crippen molar-refractivity contribution in [3.05, 3.63) is 12.4 Å². The molecule has 1 aliphatic heterocycles. The molecule has 0 bridgehead atoms. The number of nitrogens with two attached hydrogens (primary N) is 1. The number of piperidine rings is 1. The Morgan fingerprint density at radius 3 is 2.88 bits per heavy atom. The first-order valence-corrected chi connectivity index (χ1v) is 5.93. The highest BCUT2D eigenvalue weighted by molar-refractivity contribution is 5.46. The van der Waals surface area contributed by atoms with Gasteiger partial charge in [-0.15, -0.1) is 0 Å². The summed E-state index contributed by atoms with van der Waals surface area (Å²) in [6, 6.07) is 2.29. The Labute approximate surface area is 102 Å². The van der Waals surface area contributed by atoms with Crippen LogP contribution in [0, 0.1) is 5.92 Å². The molecule has 2 rings (SSSR count). The highest BCUT2D eigenvalue weighted by Gasteiger charge is 2.24. The van der Waals surface area contributed by atoms with E-state index in [-0.39, 0.29) is 0 Å². The van der Waals surface area contributed by atoms with Crippen LogP contribution in [0.4, 0.5) is 11.6 Å². The molecule has 2 unspecified atom stereocenters. The van der Waals surface area contributed by atoms with Crippen molar-refractivity contribution in [1.29, 1.82) is 0 Å². The van der Waals surface area contributed by atoms with Crippen LogP contribution in [0.5, 0.6) is 0 Å². The van der Waals surface area contributed by atoms with Gasteiger partial charge in [0.05, 0.1) is 0 Å². The molecule has 6 nitrogen and oxygen atoms in total. The molecule has 0 aliphatic carbocycles. The van der Waals surface area contributed by atoms with Crippen molar-refractivity contribution in [2.24, 2.45) is 11.8 Å². The van der Waals surface area contributed by atoms with Gasteiger partial charge in [0, 0.05) is 18.7 Å². The summed E-state index contributed by atoms with van der Waals surface area (Å²) in [6.45, 7) is 4.50. The molecule has 2 atom stereocenters. The van der Waals surface area contributed by atoms with E-state index in [0.717, 1.165) is 25.3 Å². The lowest BCUT2D eigenvalue weighted by Crippen LogP contribution is -2.43. The van der Waals surface area contributed by atoms with E-state index in [4.69, 9.17) is 5.84 Å². The molecule has 0 radical (unpaired) electrons. The molecule has 0 saturated carbocycles. The van der Waals surface area contributed by atoms with Crippen LogP contribution in [0.25, 0.3) is 0 Å². The zero-order valence-corrected chi connectivity index (χ0v) is 10.3. The SMILES string of the molecule is CC1CN(C)CCC1Nc1cc(NN)ncn1. The number of nitrogen functional groups attached to an aromatic ring is 1. The van der Waals surface area contributed by atoms with Crippen molar-refractivity contribution < 1.29 is 0 Å². The number of aromatic nitrogens is 2. The maximum atomic E-state index is 5.32. The van der Waals surface area contributed by atoms with Crippen LogP contribution in [0.15, 0.2) is 12.4 Å². The van der Waals surface area contributed by atoms with Crippen LogP contribution < -0.4 is 16.6 Å². The van der Waals surface area contributed by atoms with E-state index in [2.05, 4.69) is 39.6 Å². The molecule has 1 aliphatic rings. The Hall–Kier alpha value is -1.40. The lowest BCUT2D eigenvalue weighted by Gasteiger charge is -2.35. The normalized spacial score (nSPS) is 25.6. The molecule has 0 amide bonds. The largest absolute Gasteiger partial charge is 0.367 e. The third kappa shape index (κ3) is 3.04. The lowest BCUT2D eigenvalue weighted by molar-refractivity contribution is 0.206. The second kappa shape index (κ2) is 5.29. The van der Waals surface area contributed by atoms with Gasteiger partial charge in [0.2, 0.25) is 0 Å². The highest BCUT2D eigenvalue weighted by atomic mass is 15.3. The molecule has 17 heavy (non-hydrogen) atoms. The topological polar surface area (TPSA) is 79.1 Å². The number of nitrogens with one attached hydrogen (secondary N) is 2. The average Bonchev–Trinajstić information content (AvgIpc) is 2.33. The molecule has 94 valence electrons. The minimum atomic E-state index is 0.465. The maximum absolute atomic E-state index is 5.32. The molecule has 1 aromatic rings. The predicted molar refractivity (Wildman–Crippen MR) is 68.5 cm³/mol. The van der Waals surface area contributed by atoms with Gasteiger partial charge in [-0.05, 0) is 25.9 Å². The van der Waals surface area contributed by atoms with Gasteiger partial charge < -0.3 is 15.6 Å². The fraction of sp³-hybridized carbons (Fsp3) is 0.636. The summed E-state index contributed by atoms with van der Waals surface area (Å²) in [5, 5.41) is 3.45. The van der Waals surface area contributed by atoms with Gasteiger partial charge in [-0.3, -0.25) is 0 Å². The average molecular weight is 236 g/mol. The van der Waals surface area contributed by atoms with Crippen molar-refractivity contribution in [3.8, 4) is 0 Å². The first-order valence-electron chi connectivity index (χ1n) is 5.93. The summed E-state index contributed by atoms with van der Waals surface area (Å²) in [4.78, 5) is 10.5. The van der Waals surface area contributed by atoms with Crippen LogP contribution in [-0.2, 0) is 0 Å². The smallest absolute Gasteiger partial charge is 0.145 e. The van der Waals surface area contributed by atoms with E-state index in [1.807, 2.05) is 6.07 Å². The van der Waals surface area contributed by atoms with Crippen molar-refractivity contribution in [3.63, 3.8) is 0 Å². The maximum Gasteiger partial charge on any atom is 0.145 e. The minimum Gasteiger partial charge on any atom is -0.367 e. The zero-order chi connectivity index (χ0) is 12.3. The van der Waals surface area contributed by atoms with E-state index in [0.29, 0.717) is 17.8 Å². The van der Waals surface area contributed by atoms with Crippen LogP contribution in [0.3, 0.4) is 0 Å². The number of hydrazine groups is 1. The van der Waals surface area contributed by atoms with Gasteiger partial charge in [-0.2, -0.15) is 0 Å². The van der Waals surface area contributed by atoms with Crippen LogP contribution >= 0.6 is 0 Å².